The first kappa shape index (κ1) is 12.4. The monoisotopic (exact) mass is 236 g/mol. The number of amides is 1. The minimum Gasteiger partial charge on any atom is -0.381 e. The Morgan fingerprint density at radius 2 is 2.00 bits per heavy atom. The molecule has 0 spiro atoms. The zero-order valence-electron chi connectivity index (χ0n) is 10.4. The first-order valence-electron chi connectivity index (χ1n) is 6.38. The highest BCUT2D eigenvalue weighted by Gasteiger charge is 2.45. The SMILES string of the molecule is CC1(CNC(=O)C2(C#N)CCC2)CCOCC1. The number of rotatable bonds is 3. The van der Waals surface area contributed by atoms with Crippen molar-refractivity contribution in [2.75, 3.05) is 19.8 Å². The van der Waals surface area contributed by atoms with Crippen molar-refractivity contribution in [2.45, 2.75) is 39.0 Å². The van der Waals surface area contributed by atoms with Crippen molar-refractivity contribution < 1.29 is 9.53 Å². The third-order valence-corrected chi connectivity index (χ3v) is 4.23. The van der Waals surface area contributed by atoms with Crippen LogP contribution in [0.15, 0.2) is 0 Å². The van der Waals surface area contributed by atoms with E-state index in [1.54, 1.807) is 0 Å². The average Bonchev–Trinajstić information content (AvgIpc) is 2.27. The summed E-state index contributed by atoms with van der Waals surface area (Å²) in [7, 11) is 0. The summed E-state index contributed by atoms with van der Waals surface area (Å²) in [6, 6.07) is 2.18. The summed E-state index contributed by atoms with van der Waals surface area (Å²) >= 11 is 0. The lowest BCUT2D eigenvalue weighted by Crippen LogP contribution is -2.48. The fourth-order valence-electron chi connectivity index (χ4n) is 2.42. The summed E-state index contributed by atoms with van der Waals surface area (Å²) in [6.07, 6.45) is 4.38. The third-order valence-electron chi connectivity index (χ3n) is 4.23. The van der Waals surface area contributed by atoms with E-state index in [-0.39, 0.29) is 11.3 Å². The molecule has 1 saturated heterocycles. The summed E-state index contributed by atoms with van der Waals surface area (Å²) < 4.78 is 5.33. The van der Waals surface area contributed by atoms with Crippen LogP contribution < -0.4 is 5.32 Å². The minimum atomic E-state index is -0.721. The van der Waals surface area contributed by atoms with E-state index >= 15 is 0 Å². The van der Waals surface area contributed by atoms with Crippen molar-refractivity contribution in [3.05, 3.63) is 0 Å². The van der Waals surface area contributed by atoms with Gasteiger partial charge in [0.15, 0.2) is 0 Å². The first-order valence-corrected chi connectivity index (χ1v) is 6.38. The number of nitriles is 1. The van der Waals surface area contributed by atoms with Crippen LogP contribution in [0.2, 0.25) is 0 Å². The Hall–Kier alpha value is -1.08. The molecule has 2 rings (SSSR count). The normalized spacial score (nSPS) is 25.4. The number of nitrogens with zero attached hydrogens (tertiary/aromatic N) is 1. The van der Waals surface area contributed by atoms with Crippen LogP contribution in [-0.4, -0.2) is 25.7 Å². The molecule has 0 bridgehead atoms. The van der Waals surface area contributed by atoms with Gasteiger partial charge in [0.25, 0.3) is 0 Å². The van der Waals surface area contributed by atoms with Crippen molar-refractivity contribution in [3.8, 4) is 6.07 Å². The van der Waals surface area contributed by atoms with Gasteiger partial charge in [0, 0.05) is 19.8 Å². The molecule has 1 heterocycles. The summed E-state index contributed by atoms with van der Waals surface area (Å²) in [5, 5.41) is 12.0. The van der Waals surface area contributed by atoms with Crippen LogP contribution in [0.4, 0.5) is 0 Å². The van der Waals surface area contributed by atoms with Gasteiger partial charge in [-0.15, -0.1) is 0 Å². The number of nitrogens with one attached hydrogen (secondary N) is 1. The Morgan fingerprint density at radius 3 is 2.47 bits per heavy atom. The Balaban J connectivity index is 1.85. The summed E-state index contributed by atoms with van der Waals surface area (Å²) in [4.78, 5) is 12.0. The van der Waals surface area contributed by atoms with Gasteiger partial charge in [-0.3, -0.25) is 4.79 Å². The standard InChI is InChI=1S/C13H20N2O2/c1-12(5-7-17-8-6-12)10-15-11(16)13(9-14)3-2-4-13/h2-8,10H2,1H3,(H,15,16). The van der Waals surface area contributed by atoms with Crippen molar-refractivity contribution in [1.82, 2.24) is 5.32 Å². The summed E-state index contributed by atoms with van der Waals surface area (Å²) in [5.41, 5.74) is -0.587. The minimum absolute atomic E-state index is 0.0704. The van der Waals surface area contributed by atoms with E-state index in [1.165, 1.54) is 0 Å². The smallest absolute Gasteiger partial charge is 0.240 e. The van der Waals surface area contributed by atoms with E-state index in [1.807, 2.05) is 0 Å². The Bertz CT molecular complexity index is 336. The maximum absolute atomic E-state index is 12.0. The van der Waals surface area contributed by atoms with E-state index in [0.717, 1.165) is 45.3 Å². The van der Waals surface area contributed by atoms with Crippen molar-refractivity contribution in [2.24, 2.45) is 10.8 Å². The molecule has 0 radical (unpaired) electrons. The van der Waals surface area contributed by atoms with Crippen molar-refractivity contribution >= 4 is 5.91 Å². The lowest BCUT2D eigenvalue weighted by molar-refractivity contribution is -0.132. The first-order chi connectivity index (χ1) is 8.10. The molecule has 0 aromatic carbocycles. The molecule has 4 heteroatoms. The largest absolute Gasteiger partial charge is 0.381 e. The Labute approximate surface area is 102 Å². The number of carbonyl (C=O) groups is 1. The second-order valence-electron chi connectivity index (χ2n) is 5.65. The molecule has 1 saturated carbocycles. The molecule has 0 aromatic heterocycles. The molecule has 1 amide bonds. The zero-order valence-corrected chi connectivity index (χ0v) is 10.4. The average molecular weight is 236 g/mol. The van der Waals surface area contributed by atoms with Gasteiger partial charge >= 0.3 is 0 Å². The maximum Gasteiger partial charge on any atom is 0.240 e. The van der Waals surface area contributed by atoms with Crippen LogP contribution in [0.1, 0.15) is 39.0 Å². The van der Waals surface area contributed by atoms with Crippen LogP contribution in [0.5, 0.6) is 0 Å². The van der Waals surface area contributed by atoms with Crippen LogP contribution in [-0.2, 0) is 9.53 Å². The van der Waals surface area contributed by atoms with Gasteiger partial charge in [-0.2, -0.15) is 5.26 Å². The molecule has 2 aliphatic rings. The Kier molecular flexibility index (Phi) is 3.39. The number of hydrogen-bond acceptors (Lipinski definition) is 3. The molecular formula is C13H20N2O2. The number of carbonyl (C=O) groups excluding carboxylic acids is 1. The van der Waals surface area contributed by atoms with Gasteiger partial charge in [0.2, 0.25) is 5.91 Å². The van der Waals surface area contributed by atoms with Crippen LogP contribution in [0, 0.1) is 22.2 Å². The van der Waals surface area contributed by atoms with Gasteiger partial charge in [-0.25, -0.2) is 0 Å². The molecule has 0 atom stereocenters. The molecule has 4 nitrogen and oxygen atoms in total. The predicted molar refractivity (Wildman–Crippen MR) is 63.1 cm³/mol. The van der Waals surface area contributed by atoms with Gasteiger partial charge in [0.05, 0.1) is 6.07 Å². The van der Waals surface area contributed by atoms with E-state index < -0.39 is 5.41 Å². The predicted octanol–water partition coefficient (Wildman–Crippen LogP) is 1.61. The Morgan fingerprint density at radius 1 is 1.35 bits per heavy atom. The van der Waals surface area contributed by atoms with E-state index in [4.69, 9.17) is 10.00 Å². The highest BCUT2D eigenvalue weighted by atomic mass is 16.5. The summed E-state index contributed by atoms with van der Waals surface area (Å²) in [6.45, 7) is 4.39. The quantitative estimate of drug-likeness (QED) is 0.809. The molecule has 0 unspecified atom stereocenters. The lowest BCUT2D eigenvalue weighted by atomic mass is 9.69. The summed E-state index contributed by atoms with van der Waals surface area (Å²) in [5.74, 6) is -0.0704. The van der Waals surface area contributed by atoms with Crippen LogP contribution in [0.25, 0.3) is 0 Å². The van der Waals surface area contributed by atoms with Crippen LogP contribution >= 0.6 is 0 Å². The van der Waals surface area contributed by atoms with E-state index in [0.29, 0.717) is 6.54 Å². The highest BCUT2D eigenvalue weighted by Crippen LogP contribution is 2.40. The highest BCUT2D eigenvalue weighted by molar-refractivity contribution is 5.86. The second kappa shape index (κ2) is 4.66. The molecule has 2 fully saturated rings. The topological polar surface area (TPSA) is 62.1 Å². The third kappa shape index (κ3) is 2.44. The van der Waals surface area contributed by atoms with Crippen molar-refractivity contribution in [3.63, 3.8) is 0 Å². The molecule has 0 aromatic rings. The second-order valence-corrected chi connectivity index (χ2v) is 5.65. The van der Waals surface area contributed by atoms with Crippen molar-refractivity contribution in [1.29, 1.82) is 5.26 Å². The van der Waals surface area contributed by atoms with Gasteiger partial charge < -0.3 is 10.1 Å². The lowest BCUT2D eigenvalue weighted by Gasteiger charge is -2.37. The van der Waals surface area contributed by atoms with Gasteiger partial charge in [-0.1, -0.05) is 6.92 Å². The molecule has 1 aliphatic carbocycles. The zero-order chi connectivity index (χ0) is 12.4. The molecule has 17 heavy (non-hydrogen) atoms. The van der Waals surface area contributed by atoms with E-state index in [9.17, 15) is 4.79 Å². The van der Waals surface area contributed by atoms with Gasteiger partial charge in [-0.05, 0) is 37.5 Å². The van der Waals surface area contributed by atoms with Crippen LogP contribution in [0.3, 0.4) is 0 Å². The molecule has 94 valence electrons. The molecular weight excluding hydrogens is 216 g/mol. The maximum atomic E-state index is 12.0. The number of hydrogen-bond donors (Lipinski definition) is 1. The number of ether oxygens (including phenoxy) is 1. The van der Waals surface area contributed by atoms with E-state index in [2.05, 4.69) is 18.3 Å². The molecule has 1 aliphatic heterocycles. The van der Waals surface area contributed by atoms with Gasteiger partial charge in [0.1, 0.15) is 5.41 Å². The fraction of sp³-hybridized carbons (Fsp3) is 0.846. The molecule has 1 N–H and O–H groups in total. The fourth-order valence-corrected chi connectivity index (χ4v) is 2.42.